The summed E-state index contributed by atoms with van der Waals surface area (Å²) in [5, 5.41) is 3.23. The summed E-state index contributed by atoms with van der Waals surface area (Å²) < 4.78 is 5.37. The highest BCUT2D eigenvalue weighted by atomic mass is 16.5. The smallest absolute Gasteiger partial charge is 0.131 e. The molecule has 0 spiro atoms. The number of benzene rings is 1. The normalized spacial score (nSPS) is 12.3. The summed E-state index contributed by atoms with van der Waals surface area (Å²) in [6, 6.07) is 2.12. The average molecular weight is 249 g/mol. The summed E-state index contributed by atoms with van der Waals surface area (Å²) in [5.74, 6) is 1.10. The fraction of sp³-hybridized carbons (Fsp3) is 0.533. The predicted molar refractivity (Wildman–Crippen MR) is 74.3 cm³/mol. The number of ether oxygens (including phenoxy) is 1. The van der Waals surface area contributed by atoms with Gasteiger partial charge >= 0.3 is 0 Å². The number of hydrogen-bond acceptors (Lipinski definition) is 3. The minimum Gasteiger partial charge on any atom is -0.496 e. The molecule has 0 heterocycles. The maximum Gasteiger partial charge on any atom is 0.131 e. The van der Waals surface area contributed by atoms with Crippen LogP contribution < -0.4 is 10.1 Å². The van der Waals surface area contributed by atoms with Crippen molar-refractivity contribution < 1.29 is 9.53 Å². The predicted octanol–water partition coefficient (Wildman–Crippen LogP) is 2.86. The SMILES string of the molecule is CNC(CC(C)=O)c1c(C)cc(OC)c(C)c1C. The van der Waals surface area contributed by atoms with Crippen molar-refractivity contribution in [2.24, 2.45) is 0 Å². The molecule has 0 bridgehead atoms. The molecule has 0 aliphatic rings. The standard InChI is InChI=1S/C15H23NO2/c1-9-7-14(18-6)11(3)12(4)15(9)13(16-5)8-10(2)17/h7,13,16H,8H2,1-6H3. The van der Waals surface area contributed by atoms with Gasteiger partial charge in [-0.25, -0.2) is 0 Å². The number of nitrogens with one attached hydrogen (secondary N) is 1. The number of Topliss-reactive ketones (excluding diaryl/α,β-unsaturated/α-hetero) is 1. The van der Waals surface area contributed by atoms with Gasteiger partial charge in [0.2, 0.25) is 0 Å². The molecule has 1 aromatic rings. The number of ketones is 1. The van der Waals surface area contributed by atoms with E-state index in [4.69, 9.17) is 4.74 Å². The Kier molecular flexibility index (Phi) is 4.91. The Balaban J connectivity index is 3.30. The molecule has 0 aliphatic heterocycles. The van der Waals surface area contributed by atoms with Crippen LogP contribution in [0.2, 0.25) is 0 Å². The number of methoxy groups -OCH3 is 1. The Hall–Kier alpha value is -1.35. The van der Waals surface area contributed by atoms with E-state index in [1.807, 2.05) is 13.1 Å². The van der Waals surface area contributed by atoms with Crippen LogP contribution in [0.1, 0.15) is 41.6 Å². The second-order valence-corrected chi connectivity index (χ2v) is 4.81. The molecule has 3 nitrogen and oxygen atoms in total. The second kappa shape index (κ2) is 6.01. The van der Waals surface area contributed by atoms with Crippen molar-refractivity contribution in [2.75, 3.05) is 14.2 Å². The number of carbonyl (C=O) groups excluding carboxylic acids is 1. The van der Waals surface area contributed by atoms with Crippen LogP contribution in [0.15, 0.2) is 6.07 Å². The van der Waals surface area contributed by atoms with E-state index < -0.39 is 0 Å². The van der Waals surface area contributed by atoms with E-state index in [-0.39, 0.29) is 11.8 Å². The topological polar surface area (TPSA) is 38.3 Å². The highest BCUT2D eigenvalue weighted by Crippen LogP contribution is 2.32. The molecular formula is C15H23NO2. The maximum atomic E-state index is 11.4. The highest BCUT2D eigenvalue weighted by Gasteiger charge is 2.19. The average Bonchev–Trinajstić information content (AvgIpc) is 2.32. The lowest BCUT2D eigenvalue weighted by atomic mass is 9.90. The van der Waals surface area contributed by atoms with Crippen LogP contribution in [0.4, 0.5) is 0 Å². The number of aryl methyl sites for hydroxylation is 1. The number of carbonyl (C=O) groups is 1. The summed E-state index contributed by atoms with van der Waals surface area (Å²) in [4.78, 5) is 11.4. The maximum absolute atomic E-state index is 11.4. The van der Waals surface area contributed by atoms with Crippen LogP contribution in [0.3, 0.4) is 0 Å². The van der Waals surface area contributed by atoms with Gasteiger partial charge in [0.05, 0.1) is 7.11 Å². The zero-order chi connectivity index (χ0) is 13.9. The summed E-state index contributed by atoms with van der Waals surface area (Å²) >= 11 is 0. The van der Waals surface area contributed by atoms with Crippen LogP contribution in [-0.4, -0.2) is 19.9 Å². The lowest BCUT2D eigenvalue weighted by Gasteiger charge is -2.23. The van der Waals surface area contributed by atoms with E-state index in [1.54, 1.807) is 14.0 Å². The van der Waals surface area contributed by atoms with Gasteiger partial charge in [-0.3, -0.25) is 4.79 Å². The highest BCUT2D eigenvalue weighted by molar-refractivity contribution is 5.76. The summed E-state index contributed by atoms with van der Waals surface area (Å²) in [6.45, 7) is 7.84. The van der Waals surface area contributed by atoms with Crippen molar-refractivity contribution in [2.45, 2.75) is 40.2 Å². The molecule has 1 rings (SSSR count). The Morgan fingerprint density at radius 1 is 1.33 bits per heavy atom. The van der Waals surface area contributed by atoms with Crippen molar-refractivity contribution in [3.05, 3.63) is 28.3 Å². The second-order valence-electron chi connectivity index (χ2n) is 4.81. The molecule has 3 heteroatoms. The van der Waals surface area contributed by atoms with Gasteiger partial charge in [0.25, 0.3) is 0 Å². The van der Waals surface area contributed by atoms with Gasteiger partial charge in [0.1, 0.15) is 11.5 Å². The lowest BCUT2D eigenvalue weighted by molar-refractivity contribution is -0.117. The van der Waals surface area contributed by atoms with Crippen LogP contribution >= 0.6 is 0 Å². The zero-order valence-corrected chi connectivity index (χ0v) is 12.2. The number of hydrogen-bond donors (Lipinski definition) is 1. The molecule has 1 unspecified atom stereocenters. The molecule has 0 amide bonds. The van der Waals surface area contributed by atoms with E-state index in [0.717, 1.165) is 16.9 Å². The molecule has 0 fully saturated rings. The third kappa shape index (κ3) is 2.91. The molecule has 1 aromatic carbocycles. The molecule has 100 valence electrons. The Morgan fingerprint density at radius 2 is 1.94 bits per heavy atom. The van der Waals surface area contributed by atoms with E-state index in [1.165, 1.54) is 11.1 Å². The molecule has 0 aliphatic carbocycles. The minimum atomic E-state index is 0.0760. The van der Waals surface area contributed by atoms with Gasteiger partial charge in [0.15, 0.2) is 0 Å². The first-order chi connectivity index (χ1) is 8.42. The van der Waals surface area contributed by atoms with E-state index >= 15 is 0 Å². The van der Waals surface area contributed by atoms with Gasteiger partial charge < -0.3 is 10.1 Å². The van der Waals surface area contributed by atoms with Crippen molar-refractivity contribution in [3.8, 4) is 5.75 Å². The third-order valence-electron chi connectivity index (χ3n) is 3.52. The fourth-order valence-corrected chi connectivity index (χ4v) is 2.45. The Labute approximate surface area is 110 Å². The van der Waals surface area contributed by atoms with Crippen molar-refractivity contribution in [3.63, 3.8) is 0 Å². The van der Waals surface area contributed by atoms with Crippen molar-refractivity contribution in [1.29, 1.82) is 0 Å². The molecule has 0 radical (unpaired) electrons. The monoisotopic (exact) mass is 249 g/mol. The molecule has 0 aromatic heterocycles. The molecule has 0 saturated carbocycles. The molecule has 1 N–H and O–H groups in total. The van der Waals surface area contributed by atoms with Gasteiger partial charge in [-0.2, -0.15) is 0 Å². The minimum absolute atomic E-state index is 0.0760. The first-order valence-corrected chi connectivity index (χ1v) is 6.23. The summed E-state index contributed by atoms with van der Waals surface area (Å²) in [7, 11) is 3.58. The molecule has 0 saturated heterocycles. The van der Waals surface area contributed by atoms with Gasteiger partial charge in [-0.05, 0) is 63.1 Å². The van der Waals surface area contributed by atoms with Gasteiger partial charge in [-0.1, -0.05) is 0 Å². The fourth-order valence-electron chi connectivity index (χ4n) is 2.45. The molecular weight excluding hydrogens is 226 g/mol. The van der Waals surface area contributed by atoms with E-state index in [0.29, 0.717) is 6.42 Å². The van der Waals surface area contributed by atoms with Crippen LogP contribution in [0, 0.1) is 20.8 Å². The Morgan fingerprint density at radius 3 is 2.39 bits per heavy atom. The quantitative estimate of drug-likeness (QED) is 0.872. The first kappa shape index (κ1) is 14.7. The molecule has 18 heavy (non-hydrogen) atoms. The van der Waals surface area contributed by atoms with Gasteiger partial charge in [-0.15, -0.1) is 0 Å². The van der Waals surface area contributed by atoms with Crippen LogP contribution in [0.5, 0.6) is 5.75 Å². The summed E-state index contributed by atoms with van der Waals surface area (Å²) in [5.41, 5.74) is 4.72. The first-order valence-electron chi connectivity index (χ1n) is 6.23. The van der Waals surface area contributed by atoms with Crippen LogP contribution in [0.25, 0.3) is 0 Å². The lowest BCUT2D eigenvalue weighted by Crippen LogP contribution is -2.21. The largest absolute Gasteiger partial charge is 0.496 e. The van der Waals surface area contributed by atoms with Crippen LogP contribution in [-0.2, 0) is 4.79 Å². The third-order valence-corrected chi connectivity index (χ3v) is 3.52. The summed E-state index contributed by atoms with van der Waals surface area (Å²) in [6.07, 6.45) is 0.518. The van der Waals surface area contributed by atoms with E-state index in [2.05, 4.69) is 26.1 Å². The van der Waals surface area contributed by atoms with Crippen molar-refractivity contribution >= 4 is 5.78 Å². The van der Waals surface area contributed by atoms with Crippen molar-refractivity contribution in [1.82, 2.24) is 5.32 Å². The van der Waals surface area contributed by atoms with Gasteiger partial charge in [0, 0.05) is 12.5 Å². The molecule has 1 atom stereocenters. The van der Waals surface area contributed by atoms with E-state index in [9.17, 15) is 4.79 Å². The Bertz CT molecular complexity index is 452. The zero-order valence-electron chi connectivity index (χ0n) is 12.2. The number of rotatable bonds is 5.